The van der Waals surface area contributed by atoms with Crippen LogP contribution in [-0.4, -0.2) is 45.6 Å². The van der Waals surface area contributed by atoms with Crippen molar-refractivity contribution in [2.24, 2.45) is 5.92 Å². The normalized spacial score (nSPS) is 29.7. The highest BCUT2D eigenvalue weighted by atomic mass is 16.5. The fraction of sp³-hybridized carbons (Fsp3) is 0.444. The Bertz CT molecular complexity index is 804. The second kappa shape index (κ2) is 5.34. The van der Waals surface area contributed by atoms with Crippen LogP contribution in [0.3, 0.4) is 0 Å². The number of likely N-dealkylation sites (N-methyl/N-ethyl adjacent to an activating group) is 1. The fourth-order valence-corrected chi connectivity index (χ4v) is 4.36. The molecular weight excluding hydrogens is 308 g/mol. The second-order valence-electron chi connectivity index (χ2n) is 6.88. The van der Waals surface area contributed by atoms with Gasteiger partial charge in [0.1, 0.15) is 17.3 Å². The zero-order chi connectivity index (χ0) is 16.9. The third-order valence-electron chi connectivity index (χ3n) is 5.78. The van der Waals surface area contributed by atoms with Crippen LogP contribution >= 0.6 is 0 Å². The van der Waals surface area contributed by atoms with Crippen LogP contribution in [0.4, 0.5) is 0 Å². The number of hydrogen-bond acceptors (Lipinski definition) is 4. The summed E-state index contributed by atoms with van der Waals surface area (Å²) in [7, 11) is 1.74. The van der Waals surface area contributed by atoms with Gasteiger partial charge < -0.3 is 14.8 Å². The van der Waals surface area contributed by atoms with Gasteiger partial charge in [-0.05, 0) is 62.9 Å². The molecule has 3 heterocycles. The number of nitrogens with one attached hydrogen (secondary N) is 1. The van der Waals surface area contributed by atoms with Crippen molar-refractivity contribution in [3.05, 3.63) is 30.5 Å². The number of hydrogen-bond donors (Lipinski definition) is 2. The van der Waals surface area contributed by atoms with Gasteiger partial charge in [0.05, 0.1) is 0 Å². The Morgan fingerprint density at radius 3 is 2.75 bits per heavy atom. The number of piperidine rings is 2. The second-order valence-corrected chi connectivity index (χ2v) is 6.88. The Morgan fingerprint density at radius 2 is 2.04 bits per heavy atom. The topological polar surface area (TPSA) is 82.6 Å². The van der Waals surface area contributed by atoms with E-state index in [1.165, 1.54) is 0 Å². The Hall–Kier alpha value is -2.34. The number of ether oxygens (including phenoxy) is 1. The Labute approximate surface area is 139 Å². The fourth-order valence-electron chi connectivity index (χ4n) is 4.36. The quantitative estimate of drug-likeness (QED) is 0.668. The molecule has 0 spiro atoms. The number of carboxylic acids is 1. The molecule has 2 saturated heterocycles. The zero-order valence-electron chi connectivity index (χ0n) is 13.5. The van der Waals surface area contributed by atoms with Gasteiger partial charge in [0.25, 0.3) is 0 Å². The van der Waals surface area contributed by atoms with Crippen LogP contribution in [0.15, 0.2) is 30.5 Å². The summed E-state index contributed by atoms with van der Waals surface area (Å²) < 4.78 is 5.59. The molecule has 6 heteroatoms. The first-order valence-electron chi connectivity index (χ1n) is 8.26. The van der Waals surface area contributed by atoms with Crippen molar-refractivity contribution < 1.29 is 19.4 Å². The van der Waals surface area contributed by atoms with Gasteiger partial charge in [-0.15, -0.1) is 0 Å². The molecule has 3 aliphatic rings. The molecule has 6 nitrogen and oxygen atoms in total. The molecule has 1 atom stereocenters. The monoisotopic (exact) mass is 328 g/mol. The number of aromatic nitrogens is 1. The number of fused-ring (bicyclic) bond motifs is 4. The predicted octanol–water partition coefficient (Wildman–Crippen LogP) is 2.40. The van der Waals surface area contributed by atoms with Crippen molar-refractivity contribution in [3.8, 4) is 5.75 Å². The van der Waals surface area contributed by atoms with E-state index in [0.717, 1.165) is 23.7 Å². The summed E-state index contributed by atoms with van der Waals surface area (Å²) in [5.74, 6) is -0.539. The Balaban J connectivity index is 1.58. The predicted molar refractivity (Wildman–Crippen MR) is 87.8 cm³/mol. The molecule has 0 radical (unpaired) electrons. The standard InChI is InChI=1S/C18H20N2O4/c1-20-15(11-4-7-18(20,8-5-11)17(22)23)16(21)24-13-2-3-14-12(10-13)6-9-19-14/h2-3,6,9-11,15,19H,4-5,7-8H2,1H3,(H,22,23). The smallest absolute Gasteiger partial charge is 0.329 e. The lowest BCUT2D eigenvalue weighted by Crippen LogP contribution is -2.67. The number of carbonyl (C=O) groups is 2. The number of esters is 1. The minimum absolute atomic E-state index is 0.166. The van der Waals surface area contributed by atoms with Crippen molar-refractivity contribution in [2.45, 2.75) is 37.3 Å². The highest BCUT2D eigenvalue weighted by molar-refractivity contribution is 5.86. The summed E-state index contributed by atoms with van der Waals surface area (Å²) in [6, 6.07) is 6.86. The zero-order valence-corrected chi connectivity index (χ0v) is 13.5. The molecule has 2 bridgehead atoms. The number of carboxylic acid groups (broad SMARTS) is 1. The van der Waals surface area contributed by atoms with E-state index >= 15 is 0 Å². The molecular formula is C18H20N2O4. The highest BCUT2D eigenvalue weighted by Crippen LogP contribution is 2.46. The van der Waals surface area contributed by atoms with Crippen LogP contribution in [0.5, 0.6) is 5.75 Å². The summed E-state index contributed by atoms with van der Waals surface area (Å²) in [5.41, 5.74) is 0.0525. The van der Waals surface area contributed by atoms with E-state index < -0.39 is 17.6 Å². The lowest BCUT2D eigenvalue weighted by atomic mass is 9.67. The van der Waals surface area contributed by atoms with Gasteiger partial charge >= 0.3 is 11.9 Å². The van der Waals surface area contributed by atoms with Crippen LogP contribution in [-0.2, 0) is 9.59 Å². The number of H-pyrrole nitrogens is 1. The summed E-state index contributed by atoms with van der Waals surface area (Å²) in [6.45, 7) is 0. The molecule has 2 aliphatic heterocycles. The van der Waals surface area contributed by atoms with Gasteiger partial charge in [0.15, 0.2) is 0 Å². The van der Waals surface area contributed by atoms with Gasteiger partial charge in [0.2, 0.25) is 0 Å². The van der Waals surface area contributed by atoms with E-state index in [0.29, 0.717) is 18.6 Å². The van der Waals surface area contributed by atoms with Gasteiger partial charge in [-0.3, -0.25) is 9.69 Å². The van der Waals surface area contributed by atoms with E-state index in [2.05, 4.69) is 4.98 Å². The first-order valence-corrected chi connectivity index (χ1v) is 8.26. The molecule has 126 valence electrons. The van der Waals surface area contributed by atoms with Crippen LogP contribution in [0, 0.1) is 5.92 Å². The largest absolute Gasteiger partial charge is 0.480 e. The maximum absolute atomic E-state index is 12.7. The summed E-state index contributed by atoms with van der Waals surface area (Å²) in [5, 5.41) is 10.6. The molecule has 3 fully saturated rings. The van der Waals surface area contributed by atoms with Gasteiger partial charge in [-0.2, -0.15) is 0 Å². The molecule has 2 N–H and O–H groups in total. The molecule has 5 rings (SSSR count). The lowest BCUT2D eigenvalue weighted by Gasteiger charge is -2.54. The number of carbonyl (C=O) groups excluding carboxylic acids is 1. The van der Waals surface area contributed by atoms with Crippen molar-refractivity contribution in [2.75, 3.05) is 7.05 Å². The third-order valence-corrected chi connectivity index (χ3v) is 5.78. The number of rotatable bonds is 3. The maximum atomic E-state index is 12.7. The minimum Gasteiger partial charge on any atom is -0.480 e. The third kappa shape index (κ3) is 2.13. The lowest BCUT2D eigenvalue weighted by molar-refractivity contribution is -0.173. The molecule has 1 unspecified atom stereocenters. The van der Waals surface area contributed by atoms with E-state index in [1.54, 1.807) is 18.0 Å². The molecule has 1 saturated carbocycles. The number of aliphatic carboxylic acids is 1. The summed E-state index contributed by atoms with van der Waals surface area (Å²) in [4.78, 5) is 29.4. The van der Waals surface area contributed by atoms with Crippen LogP contribution < -0.4 is 4.74 Å². The van der Waals surface area contributed by atoms with Crippen molar-refractivity contribution in [3.63, 3.8) is 0 Å². The van der Waals surface area contributed by atoms with E-state index in [-0.39, 0.29) is 11.9 Å². The van der Waals surface area contributed by atoms with Crippen molar-refractivity contribution >= 4 is 22.8 Å². The molecule has 1 aromatic heterocycles. The number of nitrogens with zero attached hydrogens (tertiary/aromatic N) is 1. The first-order chi connectivity index (χ1) is 11.5. The van der Waals surface area contributed by atoms with Gasteiger partial charge in [0, 0.05) is 17.1 Å². The van der Waals surface area contributed by atoms with Gasteiger partial charge in [-0.25, -0.2) is 4.79 Å². The molecule has 1 aromatic carbocycles. The average molecular weight is 328 g/mol. The van der Waals surface area contributed by atoms with Crippen molar-refractivity contribution in [1.82, 2.24) is 9.88 Å². The molecule has 2 aromatic rings. The van der Waals surface area contributed by atoms with Crippen LogP contribution in [0.2, 0.25) is 0 Å². The van der Waals surface area contributed by atoms with E-state index in [1.807, 2.05) is 24.4 Å². The van der Waals surface area contributed by atoms with Crippen LogP contribution in [0.25, 0.3) is 10.9 Å². The molecule has 24 heavy (non-hydrogen) atoms. The summed E-state index contributed by atoms with van der Waals surface area (Å²) in [6.07, 6.45) is 4.55. The van der Waals surface area contributed by atoms with Gasteiger partial charge in [-0.1, -0.05) is 0 Å². The molecule has 1 aliphatic carbocycles. The highest BCUT2D eigenvalue weighted by Gasteiger charge is 2.57. The van der Waals surface area contributed by atoms with Crippen LogP contribution in [0.1, 0.15) is 25.7 Å². The SMILES string of the molecule is CN1C(C(=O)Oc2ccc3[nH]ccc3c2)C2CCC1(C(=O)O)CC2. The average Bonchev–Trinajstić information content (AvgIpc) is 3.03. The van der Waals surface area contributed by atoms with Crippen molar-refractivity contribution in [1.29, 1.82) is 0 Å². The number of benzene rings is 1. The minimum atomic E-state index is -0.928. The summed E-state index contributed by atoms with van der Waals surface area (Å²) >= 11 is 0. The maximum Gasteiger partial charge on any atom is 0.329 e. The molecule has 0 amide bonds. The Morgan fingerprint density at radius 1 is 1.29 bits per heavy atom. The van der Waals surface area contributed by atoms with E-state index in [4.69, 9.17) is 4.74 Å². The first kappa shape index (κ1) is 15.2. The Kier molecular flexibility index (Phi) is 3.38. The van der Waals surface area contributed by atoms with E-state index in [9.17, 15) is 14.7 Å². The number of aromatic amines is 1.